The molecule has 3 aromatic rings. The Kier molecular flexibility index (Phi) is 3.84. The molecule has 3 nitrogen and oxygen atoms in total. The molecular weight excluding hydrogens is 358 g/mol. The summed E-state index contributed by atoms with van der Waals surface area (Å²) >= 11 is 11.5. The zero-order chi connectivity index (χ0) is 14.3. The van der Waals surface area contributed by atoms with Gasteiger partial charge in [0, 0.05) is 15.5 Å². The maximum absolute atomic E-state index is 6.28. The Labute approximate surface area is 134 Å². The van der Waals surface area contributed by atoms with Crippen molar-refractivity contribution >= 4 is 50.0 Å². The van der Waals surface area contributed by atoms with Crippen molar-refractivity contribution in [3.8, 4) is 0 Å². The van der Waals surface area contributed by atoms with Crippen LogP contribution in [0.1, 0.15) is 28.6 Å². The second-order valence-electron chi connectivity index (χ2n) is 4.70. The van der Waals surface area contributed by atoms with E-state index in [1.165, 1.54) is 10.4 Å². The van der Waals surface area contributed by atoms with E-state index in [1.54, 1.807) is 17.5 Å². The van der Waals surface area contributed by atoms with E-state index in [1.807, 2.05) is 13.0 Å². The molecule has 104 valence electrons. The molecule has 1 atom stereocenters. The fourth-order valence-corrected chi connectivity index (χ4v) is 3.55. The predicted molar refractivity (Wildman–Crippen MR) is 87.7 cm³/mol. The molecule has 0 fully saturated rings. The molecule has 0 N–H and O–H groups in total. The van der Waals surface area contributed by atoms with Gasteiger partial charge < -0.3 is 4.57 Å². The Bertz CT molecular complexity index is 763. The van der Waals surface area contributed by atoms with Crippen LogP contribution in [0.5, 0.6) is 0 Å². The molecule has 0 aromatic carbocycles. The highest BCUT2D eigenvalue weighted by Gasteiger charge is 2.17. The molecule has 0 amide bonds. The summed E-state index contributed by atoms with van der Waals surface area (Å²) in [5.41, 5.74) is 3.04. The van der Waals surface area contributed by atoms with Crippen molar-refractivity contribution in [3.05, 3.63) is 44.4 Å². The molecule has 0 spiro atoms. The first-order valence-corrected chi connectivity index (χ1v) is 8.36. The second-order valence-corrected chi connectivity index (χ2v) is 7.27. The number of thiophene rings is 1. The summed E-state index contributed by atoms with van der Waals surface area (Å²) in [6.07, 6.45) is 1.80. The van der Waals surface area contributed by atoms with E-state index < -0.39 is 0 Å². The van der Waals surface area contributed by atoms with Crippen molar-refractivity contribution in [2.24, 2.45) is 0 Å². The van der Waals surface area contributed by atoms with Crippen LogP contribution in [-0.4, -0.2) is 14.5 Å². The van der Waals surface area contributed by atoms with E-state index in [9.17, 15) is 0 Å². The number of halogens is 2. The van der Waals surface area contributed by atoms with E-state index in [2.05, 4.69) is 48.8 Å². The Morgan fingerprint density at radius 3 is 2.95 bits per heavy atom. The molecule has 6 heteroatoms. The number of nitrogens with zero attached hydrogens (tertiary/aromatic N) is 3. The van der Waals surface area contributed by atoms with Gasteiger partial charge in [-0.05, 0) is 52.9 Å². The van der Waals surface area contributed by atoms with Gasteiger partial charge in [0.2, 0.25) is 0 Å². The molecule has 20 heavy (non-hydrogen) atoms. The SMILES string of the molecule is Cc1ccsc1Cn1c(C(C)Cl)nc2cc(Br)cnc21. The van der Waals surface area contributed by atoms with Crippen molar-refractivity contribution in [3.63, 3.8) is 0 Å². The number of pyridine rings is 1. The van der Waals surface area contributed by atoms with Crippen LogP contribution >= 0.6 is 38.9 Å². The van der Waals surface area contributed by atoms with E-state index in [-0.39, 0.29) is 5.38 Å². The monoisotopic (exact) mass is 369 g/mol. The average molecular weight is 371 g/mol. The maximum atomic E-state index is 6.28. The summed E-state index contributed by atoms with van der Waals surface area (Å²) in [6.45, 7) is 4.83. The summed E-state index contributed by atoms with van der Waals surface area (Å²) in [4.78, 5) is 10.4. The van der Waals surface area contributed by atoms with Crippen molar-refractivity contribution < 1.29 is 0 Å². The number of aryl methyl sites for hydroxylation is 1. The quantitative estimate of drug-likeness (QED) is 0.613. The molecule has 0 radical (unpaired) electrons. The average Bonchev–Trinajstić information content (AvgIpc) is 2.95. The van der Waals surface area contributed by atoms with Gasteiger partial charge in [0.1, 0.15) is 11.3 Å². The predicted octanol–water partition coefficient (Wildman–Crippen LogP) is 4.91. The number of hydrogen-bond acceptors (Lipinski definition) is 3. The van der Waals surface area contributed by atoms with Gasteiger partial charge in [0.25, 0.3) is 0 Å². The fourth-order valence-electron chi connectivity index (χ4n) is 2.17. The number of imidazole rings is 1. The third kappa shape index (κ3) is 2.50. The number of fused-ring (bicyclic) bond motifs is 1. The lowest BCUT2D eigenvalue weighted by atomic mass is 10.3. The molecule has 3 rings (SSSR count). The first-order chi connectivity index (χ1) is 9.56. The maximum Gasteiger partial charge on any atom is 0.160 e. The Balaban J connectivity index is 2.16. The molecular formula is C14H13BrClN3S. The standard InChI is InChI=1S/C14H13BrClN3S/c1-8-3-4-20-12(8)7-19-13(9(2)16)18-11-5-10(15)6-17-14(11)19/h3-6,9H,7H2,1-2H3. The summed E-state index contributed by atoms with van der Waals surface area (Å²) in [7, 11) is 0. The second kappa shape index (κ2) is 5.47. The first kappa shape index (κ1) is 14.0. The summed E-state index contributed by atoms with van der Waals surface area (Å²) in [5.74, 6) is 0.861. The van der Waals surface area contributed by atoms with Crippen molar-refractivity contribution in [2.75, 3.05) is 0 Å². The van der Waals surface area contributed by atoms with Gasteiger partial charge in [-0.3, -0.25) is 0 Å². The molecule has 0 aliphatic carbocycles. The zero-order valence-corrected chi connectivity index (χ0v) is 14.3. The van der Waals surface area contributed by atoms with Crippen molar-refractivity contribution in [2.45, 2.75) is 25.8 Å². The minimum atomic E-state index is -0.150. The molecule has 0 saturated heterocycles. The van der Waals surface area contributed by atoms with E-state index in [0.29, 0.717) is 0 Å². The molecule has 0 aliphatic rings. The van der Waals surface area contributed by atoms with Crippen LogP contribution in [0.4, 0.5) is 0 Å². The minimum Gasteiger partial charge on any atom is -0.306 e. The number of rotatable bonds is 3. The molecule has 3 heterocycles. The van der Waals surface area contributed by atoms with Crippen LogP contribution in [0.2, 0.25) is 0 Å². The lowest BCUT2D eigenvalue weighted by Gasteiger charge is -2.09. The zero-order valence-electron chi connectivity index (χ0n) is 11.1. The smallest absolute Gasteiger partial charge is 0.160 e. The van der Waals surface area contributed by atoms with Gasteiger partial charge in [0.15, 0.2) is 5.65 Å². The number of aromatic nitrogens is 3. The molecule has 3 aromatic heterocycles. The first-order valence-electron chi connectivity index (χ1n) is 6.25. The summed E-state index contributed by atoms with van der Waals surface area (Å²) in [5, 5.41) is 1.96. The fraction of sp³-hybridized carbons (Fsp3) is 0.286. The third-order valence-electron chi connectivity index (χ3n) is 3.21. The van der Waals surface area contributed by atoms with Gasteiger partial charge in [-0.25, -0.2) is 9.97 Å². The van der Waals surface area contributed by atoms with Gasteiger partial charge in [-0.2, -0.15) is 0 Å². The molecule has 1 unspecified atom stereocenters. The van der Waals surface area contributed by atoms with Crippen LogP contribution in [0, 0.1) is 6.92 Å². The van der Waals surface area contributed by atoms with E-state index >= 15 is 0 Å². The lowest BCUT2D eigenvalue weighted by Crippen LogP contribution is -2.06. The Morgan fingerprint density at radius 2 is 2.30 bits per heavy atom. The highest BCUT2D eigenvalue weighted by Crippen LogP contribution is 2.27. The molecule has 0 bridgehead atoms. The van der Waals surface area contributed by atoms with Crippen LogP contribution < -0.4 is 0 Å². The summed E-state index contributed by atoms with van der Waals surface area (Å²) in [6, 6.07) is 4.11. The highest BCUT2D eigenvalue weighted by molar-refractivity contribution is 9.10. The third-order valence-corrected chi connectivity index (χ3v) is 4.84. The van der Waals surface area contributed by atoms with Crippen LogP contribution in [-0.2, 0) is 6.54 Å². The van der Waals surface area contributed by atoms with E-state index in [4.69, 9.17) is 11.6 Å². The van der Waals surface area contributed by atoms with Gasteiger partial charge in [-0.1, -0.05) is 0 Å². The molecule has 0 saturated carbocycles. The van der Waals surface area contributed by atoms with Gasteiger partial charge in [-0.15, -0.1) is 22.9 Å². The van der Waals surface area contributed by atoms with Crippen molar-refractivity contribution in [1.29, 1.82) is 0 Å². The Morgan fingerprint density at radius 1 is 1.50 bits per heavy atom. The largest absolute Gasteiger partial charge is 0.306 e. The summed E-state index contributed by atoms with van der Waals surface area (Å²) < 4.78 is 3.04. The van der Waals surface area contributed by atoms with Crippen LogP contribution in [0.3, 0.4) is 0 Å². The Hall–Kier alpha value is -0.910. The minimum absolute atomic E-state index is 0.150. The normalized spacial score (nSPS) is 13.0. The van der Waals surface area contributed by atoms with E-state index in [0.717, 1.165) is 28.0 Å². The lowest BCUT2D eigenvalue weighted by molar-refractivity contribution is 0.741. The number of hydrogen-bond donors (Lipinski definition) is 0. The van der Waals surface area contributed by atoms with Gasteiger partial charge >= 0.3 is 0 Å². The van der Waals surface area contributed by atoms with Crippen LogP contribution in [0.25, 0.3) is 11.2 Å². The molecule has 0 aliphatic heterocycles. The van der Waals surface area contributed by atoms with Gasteiger partial charge in [0.05, 0.1) is 11.9 Å². The van der Waals surface area contributed by atoms with Crippen molar-refractivity contribution in [1.82, 2.24) is 14.5 Å². The topological polar surface area (TPSA) is 30.7 Å². The highest BCUT2D eigenvalue weighted by atomic mass is 79.9. The number of alkyl halides is 1. The van der Waals surface area contributed by atoms with Crippen LogP contribution in [0.15, 0.2) is 28.2 Å².